The predicted molar refractivity (Wildman–Crippen MR) is 62.2 cm³/mol. The summed E-state index contributed by atoms with van der Waals surface area (Å²) in [5.41, 5.74) is 7.94. The summed E-state index contributed by atoms with van der Waals surface area (Å²) < 4.78 is 0. The third-order valence-corrected chi connectivity index (χ3v) is 3.65. The first-order chi connectivity index (χ1) is 7.07. The Kier molecular flexibility index (Phi) is 2.75. The molecule has 0 unspecified atom stereocenters. The molecule has 1 aromatic carbocycles. The van der Waals surface area contributed by atoms with Gasteiger partial charge in [0.2, 0.25) is 0 Å². The molecule has 3 N–H and O–H groups in total. The molecular weight excluding hydrogens is 210 g/mol. The highest BCUT2D eigenvalue weighted by Gasteiger charge is 2.44. The number of hydrogen-bond acceptors (Lipinski definition) is 2. The van der Waals surface area contributed by atoms with E-state index in [0.717, 1.165) is 29.0 Å². The van der Waals surface area contributed by atoms with E-state index in [1.165, 1.54) is 0 Å². The van der Waals surface area contributed by atoms with Crippen LogP contribution in [0.2, 0.25) is 5.02 Å². The van der Waals surface area contributed by atoms with Crippen molar-refractivity contribution in [2.24, 2.45) is 5.73 Å². The van der Waals surface area contributed by atoms with Gasteiger partial charge in [-0.2, -0.15) is 0 Å². The van der Waals surface area contributed by atoms with Crippen LogP contribution in [0.5, 0.6) is 0 Å². The van der Waals surface area contributed by atoms with E-state index in [1.807, 2.05) is 25.1 Å². The number of benzene rings is 1. The molecule has 1 fully saturated rings. The van der Waals surface area contributed by atoms with Crippen LogP contribution >= 0.6 is 11.6 Å². The summed E-state index contributed by atoms with van der Waals surface area (Å²) >= 11 is 6.22. The number of hydrogen-bond donors (Lipinski definition) is 2. The molecule has 3 heteroatoms. The van der Waals surface area contributed by atoms with E-state index in [2.05, 4.69) is 0 Å². The maximum absolute atomic E-state index is 9.42. The largest absolute Gasteiger partial charge is 0.393 e. The van der Waals surface area contributed by atoms with Crippen LogP contribution < -0.4 is 5.73 Å². The van der Waals surface area contributed by atoms with E-state index in [0.29, 0.717) is 6.54 Å². The van der Waals surface area contributed by atoms with Gasteiger partial charge in [-0.15, -0.1) is 0 Å². The minimum absolute atomic E-state index is 0.0931. The molecule has 0 amide bonds. The zero-order valence-electron chi connectivity index (χ0n) is 8.83. The van der Waals surface area contributed by atoms with Crippen molar-refractivity contribution in [2.75, 3.05) is 6.54 Å². The summed E-state index contributed by atoms with van der Waals surface area (Å²) in [6.07, 6.45) is 1.24. The average Bonchev–Trinajstić information content (AvgIpc) is 2.13. The Balaban J connectivity index is 2.36. The Morgan fingerprint density at radius 1 is 1.53 bits per heavy atom. The zero-order chi connectivity index (χ0) is 11.1. The summed E-state index contributed by atoms with van der Waals surface area (Å²) in [7, 11) is 0. The van der Waals surface area contributed by atoms with E-state index in [-0.39, 0.29) is 11.5 Å². The summed E-state index contributed by atoms with van der Waals surface area (Å²) in [4.78, 5) is 0. The monoisotopic (exact) mass is 225 g/mol. The maximum Gasteiger partial charge on any atom is 0.0558 e. The normalized spacial score (nSPS) is 30.0. The molecule has 1 saturated carbocycles. The van der Waals surface area contributed by atoms with Gasteiger partial charge >= 0.3 is 0 Å². The first-order valence-electron chi connectivity index (χ1n) is 5.22. The highest BCUT2D eigenvalue weighted by molar-refractivity contribution is 6.31. The number of aliphatic hydroxyl groups excluding tert-OH is 1. The van der Waals surface area contributed by atoms with Gasteiger partial charge in [0, 0.05) is 17.0 Å². The van der Waals surface area contributed by atoms with Crippen molar-refractivity contribution in [3.05, 3.63) is 34.3 Å². The van der Waals surface area contributed by atoms with E-state index in [4.69, 9.17) is 17.3 Å². The molecular formula is C12H16ClNO. The van der Waals surface area contributed by atoms with Crippen LogP contribution in [0, 0.1) is 6.92 Å². The Hall–Kier alpha value is -0.570. The summed E-state index contributed by atoms with van der Waals surface area (Å²) in [6.45, 7) is 2.56. The van der Waals surface area contributed by atoms with Crippen molar-refractivity contribution in [2.45, 2.75) is 31.3 Å². The van der Waals surface area contributed by atoms with Gasteiger partial charge in [-0.1, -0.05) is 23.7 Å². The van der Waals surface area contributed by atoms with Crippen LogP contribution in [0.3, 0.4) is 0 Å². The zero-order valence-corrected chi connectivity index (χ0v) is 9.59. The number of aliphatic hydroxyl groups is 1. The Bertz CT molecular complexity index is 372. The van der Waals surface area contributed by atoms with Crippen molar-refractivity contribution in [3.8, 4) is 0 Å². The summed E-state index contributed by atoms with van der Waals surface area (Å²) in [5.74, 6) is 0. The summed E-state index contributed by atoms with van der Waals surface area (Å²) in [5, 5.41) is 10.2. The lowest BCUT2D eigenvalue weighted by Crippen LogP contribution is -2.49. The highest BCUT2D eigenvalue weighted by Crippen LogP contribution is 2.45. The fourth-order valence-corrected chi connectivity index (χ4v) is 2.82. The molecule has 0 heterocycles. The minimum Gasteiger partial charge on any atom is -0.393 e. The van der Waals surface area contributed by atoms with Crippen LogP contribution in [-0.2, 0) is 5.41 Å². The molecule has 0 saturated heterocycles. The minimum atomic E-state index is -0.217. The lowest BCUT2D eigenvalue weighted by molar-refractivity contribution is 0.0222. The van der Waals surface area contributed by atoms with E-state index < -0.39 is 0 Å². The van der Waals surface area contributed by atoms with Crippen LogP contribution in [0.25, 0.3) is 0 Å². The molecule has 0 atom stereocenters. The quantitative estimate of drug-likeness (QED) is 0.809. The van der Waals surface area contributed by atoms with Crippen molar-refractivity contribution in [1.29, 1.82) is 0 Å². The number of aryl methyl sites for hydroxylation is 1. The second-order valence-corrected chi connectivity index (χ2v) is 4.94. The molecule has 15 heavy (non-hydrogen) atoms. The Morgan fingerprint density at radius 2 is 2.20 bits per heavy atom. The van der Waals surface area contributed by atoms with Crippen molar-refractivity contribution >= 4 is 11.6 Å². The Morgan fingerprint density at radius 3 is 2.67 bits per heavy atom. The molecule has 0 aliphatic heterocycles. The van der Waals surface area contributed by atoms with Gasteiger partial charge < -0.3 is 10.8 Å². The lowest BCUT2D eigenvalue weighted by Gasteiger charge is -2.45. The van der Waals surface area contributed by atoms with E-state index in [1.54, 1.807) is 0 Å². The number of nitrogens with two attached hydrogens (primary N) is 1. The molecule has 82 valence electrons. The molecule has 0 bridgehead atoms. The standard InChI is InChI=1S/C12H16ClNO/c1-8-2-3-10(11(13)4-8)12(7-14)5-9(15)6-12/h2-4,9,15H,5-7,14H2,1H3. The fraction of sp³-hybridized carbons (Fsp3) is 0.500. The molecule has 1 aromatic rings. The van der Waals surface area contributed by atoms with Crippen LogP contribution in [0.1, 0.15) is 24.0 Å². The Labute approximate surface area is 95.1 Å². The molecule has 2 rings (SSSR count). The lowest BCUT2D eigenvalue weighted by atomic mass is 9.62. The van der Waals surface area contributed by atoms with E-state index >= 15 is 0 Å². The van der Waals surface area contributed by atoms with Crippen molar-refractivity contribution in [1.82, 2.24) is 0 Å². The fourth-order valence-electron chi connectivity index (χ4n) is 2.39. The number of halogens is 1. The van der Waals surface area contributed by atoms with Crippen LogP contribution in [0.4, 0.5) is 0 Å². The van der Waals surface area contributed by atoms with Gasteiger partial charge in [-0.05, 0) is 37.0 Å². The van der Waals surface area contributed by atoms with Gasteiger partial charge in [-0.25, -0.2) is 0 Å². The average molecular weight is 226 g/mol. The second kappa shape index (κ2) is 3.78. The molecule has 0 spiro atoms. The molecule has 0 radical (unpaired) electrons. The van der Waals surface area contributed by atoms with Crippen molar-refractivity contribution < 1.29 is 5.11 Å². The SMILES string of the molecule is Cc1ccc(C2(CN)CC(O)C2)c(Cl)c1. The van der Waals surface area contributed by atoms with E-state index in [9.17, 15) is 5.11 Å². The van der Waals surface area contributed by atoms with Gasteiger partial charge in [0.05, 0.1) is 6.10 Å². The van der Waals surface area contributed by atoms with Crippen molar-refractivity contribution in [3.63, 3.8) is 0 Å². The maximum atomic E-state index is 9.42. The van der Waals surface area contributed by atoms with Gasteiger partial charge in [0.25, 0.3) is 0 Å². The smallest absolute Gasteiger partial charge is 0.0558 e. The van der Waals surface area contributed by atoms with Gasteiger partial charge in [0.15, 0.2) is 0 Å². The third-order valence-electron chi connectivity index (χ3n) is 3.34. The third kappa shape index (κ3) is 1.78. The second-order valence-electron chi connectivity index (χ2n) is 4.53. The summed E-state index contributed by atoms with van der Waals surface area (Å²) in [6, 6.07) is 6.04. The van der Waals surface area contributed by atoms with Gasteiger partial charge in [0.1, 0.15) is 0 Å². The van der Waals surface area contributed by atoms with Crippen LogP contribution in [-0.4, -0.2) is 17.8 Å². The molecule has 2 nitrogen and oxygen atoms in total. The molecule has 1 aliphatic carbocycles. The predicted octanol–water partition coefficient (Wildman–Crippen LogP) is 2.00. The number of rotatable bonds is 2. The first-order valence-corrected chi connectivity index (χ1v) is 5.60. The van der Waals surface area contributed by atoms with Crippen LogP contribution in [0.15, 0.2) is 18.2 Å². The molecule has 1 aliphatic rings. The van der Waals surface area contributed by atoms with Gasteiger partial charge in [-0.3, -0.25) is 0 Å². The topological polar surface area (TPSA) is 46.2 Å². The first kappa shape index (κ1) is 10.9. The highest BCUT2D eigenvalue weighted by atomic mass is 35.5. The molecule has 0 aromatic heterocycles.